The number of allylic oxidation sites excluding steroid dienone is 1. The number of ether oxygens (including phenoxy) is 2. The fourth-order valence-electron chi connectivity index (χ4n) is 3.24. The zero-order valence-corrected chi connectivity index (χ0v) is 17.9. The summed E-state index contributed by atoms with van der Waals surface area (Å²) in [6, 6.07) is 8.88. The van der Waals surface area contributed by atoms with Crippen molar-refractivity contribution in [2.24, 2.45) is 0 Å². The van der Waals surface area contributed by atoms with Crippen molar-refractivity contribution >= 4 is 40.9 Å². The summed E-state index contributed by atoms with van der Waals surface area (Å²) in [5, 5.41) is 2.37. The Morgan fingerprint density at radius 2 is 2.03 bits per heavy atom. The lowest BCUT2D eigenvalue weighted by molar-refractivity contribution is -0.122. The standard InChI is InChI=1S/C23H21FN2O4S/c1-4-7-15-10-14(12-19(30-5-2)20(15)29-3)11-18-21(27)25-23(31)26(22(18)28)17-9-6-8-16(24)13-17/h4,6,8-13H,1,5,7H2,2-3H3,(H,25,27,31). The van der Waals surface area contributed by atoms with Crippen LogP contribution in [-0.4, -0.2) is 30.6 Å². The topological polar surface area (TPSA) is 67.9 Å². The van der Waals surface area contributed by atoms with Crippen LogP contribution in [0.1, 0.15) is 18.1 Å². The van der Waals surface area contributed by atoms with Crippen molar-refractivity contribution in [3.63, 3.8) is 0 Å². The maximum Gasteiger partial charge on any atom is 0.270 e. The number of thiocarbonyl (C=S) groups is 1. The lowest BCUT2D eigenvalue weighted by Crippen LogP contribution is -2.54. The molecule has 6 nitrogen and oxygen atoms in total. The Kier molecular flexibility index (Phi) is 6.81. The van der Waals surface area contributed by atoms with E-state index >= 15 is 0 Å². The number of nitrogens with zero attached hydrogens (tertiary/aromatic N) is 1. The van der Waals surface area contributed by atoms with Crippen molar-refractivity contribution in [2.75, 3.05) is 18.6 Å². The molecule has 2 aromatic rings. The van der Waals surface area contributed by atoms with Crippen LogP contribution in [0.5, 0.6) is 11.5 Å². The van der Waals surface area contributed by atoms with Gasteiger partial charge in [-0.05, 0) is 67.5 Å². The molecule has 1 aliphatic rings. The van der Waals surface area contributed by atoms with Crippen molar-refractivity contribution in [1.29, 1.82) is 0 Å². The quantitative estimate of drug-likeness (QED) is 0.307. The summed E-state index contributed by atoms with van der Waals surface area (Å²) < 4.78 is 24.8. The smallest absolute Gasteiger partial charge is 0.270 e. The maximum atomic E-state index is 13.7. The van der Waals surface area contributed by atoms with Crippen LogP contribution in [0.25, 0.3) is 6.08 Å². The molecule has 31 heavy (non-hydrogen) atoms. The third kappa shape index (κ3) is 4.64. The Bertz CT molecular complexity index is 1100. The number of halogens is 1. The first kappa shape index (κ1) is 22.2. The number of hydrogen-bond donors (Lipinski definition) is 1. The summed E-state index contributed by atoms with van der Waals surface area (Å²) in [6.07, 6.45) is 3.66. The SMILES string of the molecule is C=CCc1cc(C=C2C(=O)NC(=S)N(c3cccc(F)c3)C2=O)cc(OCC)c1OC. The van der Waals surface area contributed by atoms with Crippen molar-refractivity contribution in [3.05, 3.63) is 71.6 Å². The molecule has 1 saturated heterocycles. The van der Waals surface area contributed by atoms with Gasteiger partial charge in [-0.2, -0.15) is 0 Å². The number of carbonyl (C=O) groups is 2. The van der Waals surface area contributed by atoms with Gasteiger partial charge in [0.25, 0.3) is 11.8 Å². The second-order valence-electron chi connectivity index (χ2n) is 6.57. The van der Waals surface area contributed by atoms with Gasteiger partial charge in [-0.1, -0.05) is 12.1 Å². The normalized spacial score (nSPS) is 15.1. The lowest BCUT2D eigenvalue weighted by atomic mass is 10.0. The van der Waals surface area contributed by atoms with Crippen LogP contribution in [0.3, 0.4) is 0 Å². The molecular formula is C23H21FN2O4S. The zero-order valence-electron chi connectivity index (χ0n) is 17.1. The van der Waals surface area contributed by atoms with Crippen molar-refractivity contribution in [3.8, 4) is 11.5 Å². The highest BCUT2D eigenvalue weighted by molar-refractivity contribution is 7.80. The molecule has 0 atom stereocenters. The number of carbonyl (C=O) groups excluding carboxylic acids is 2. The minimum Gasteiger partial charge on any atom is -0.493 e. The van der Waals surface area contributed by atoms with Gasteiger partial charge < -0.3 is 9.47 Å². The predicted molar refractivity (Wildman–Crippen MR) is 121 cm³/mol. The van der Waals surface area contributed by atoms with Gasteiger partial charge in [0, 0.05) is 5.56 Å². The number of anilines is 1. The van der Waals surface area contributed by atoms with Gasteiger partial charge >= 0.3 is 0 Å². The molecule has 160 valence electrons. The molecule has 0 aromatic heterocycles. The molecular weight excluding hydrogens is 419 g/mol. The number of benzene rings is 2. The van der Waals surface area contributed by atoms with E-state index in [0.717, 1.165) is 10.5 Å². The number of hydrogen-bond acceptors (Lipinski definition) is 5. The molecule has 0 aliphatic carbocycles. The fourth-order valence-corrected chi connectivity index (χ4v) is 3.52. The molecule has 1 aliphatic heterocycles. The van der Waals surface area contributed by atoms with Crippen LogP contribution < -0.4 is 19.7 Å². The molecule has 8 heteroatoms. The van der Waals surface area contributed by atoms with E-state index in [0.29, 0.717) is 30.1 Å². The van der Waals surface area contributed by atoms with Gasteiger partial charge in [-0.15, -0.1) is 6.58 Å². The van der Waals surface area contributed by atoms with E-state index in [2.05, 4.69) is 11.9 Å². The van der Waals surface area contributed by atoms with Crippen LogP contribution in [-0.2, 0) is 16.0 Å². The highest BCUT2D eigenvalue weighted by atomic mass is 32.1. The van der Waals surface area contributed by atoms with Gasteiger partial charge in [0.15, 0.2) is 16.6 Å². The Balaban J connectivity index is 2.08. The van der Waals surface area contributed by atoms with Gasteiger partial charge in [0.05, 0.1) is 19.4 Å². The summed E-state index contributed by atoms with van der Waals surface area (Å²) in [7, 11) is 1.54. The molecule has 2 aromatic carbocycles. The highest BCUT2D eigenvalue weighted by Gasteiger charge is 2.34. The number of nitrogens with one attached hydrogen (secondary N) is 1. The van der Waals surface area contributed by atoms with E-state index in [1.807, 2.05) is 6.92 Å². The van der Waals surface area contributed by atoms with Crippen LogP contribution in [0.4, 0.5) is 10.1 Å². The van der Waals surface area contributed by atoms with Crippen molar-refractivity contribution < 1.29 is 23.5 Å². The van der Waals surface area contributed by atoms with E-state index < -0.39 is 17.6 Å². The third-order valence-corrected chi connectivity index (χ3v) is 4.79. The van der Waals surface area contributed by atoms with E-state index in [9.17, 15) is 14.0 Å². The Labute approximate surface area is 185 Å². The Morgan fingerprint density at radius 1 is 1.26 bits per heavy atom. The molecule has 0 bridgehead atoms. The molecule has 0 unspecified atom stereocenters. The molecule has 0 saturated carbocycles. The minimum atomic E-state index is -0.654. The van der Waals surface area contributed by atoms with E-state index in [4.69, 9.17) is 21.7 Å². The highest BCUT2D eigenvalue weighted by Crippen LogP contribution is 2.34. The van der Waals surface area contributed by atoms with Crippen LogP contribution in [0.2, 0.25) is 0 Å². The number of amides is 2. The minimum absolute atomic E-state index is 0.116. The molecule has 3 rings (SSSR count). The van der Waals surface area contributed by atoms with Gasteiger partial charge in [0.2, 0.25) is 0 Å². The van der Waals surface area contributed by atoms with Gasteiger partial charge in [-0.3, -0.25) is 19.8 Å². The monoisotopic (exact) mass is 440 g/mol. The number of rotatable bonds is 7. The lowest BCUT2D eigenvalue weighted by Gasteiger charge is -2.29. The average molecular weight is 440 g/mol. The van der Waals surface area contributed by atoms with Crippen LogP contribution >= 0.6 is 12.2 Å². The van der Waals surface area contributed by atoms with Crippen LogP contribution in [0.15, 0.2) is 54.6 Å². The third-order valence-electron chi connectivity index (χ3n) is 4.50. The summed E-state index contributed by atoms with van der Waals surface area (Å²) in [4.78, 5) is 26.8. The van der Waals surface area contributed by atoms with Crippen LogP contribution in [0, 0.1) is 5.82 Å². The fraction of sp³-hybridized carbons (Fsp3) is 0.174. The number of methoxy groups -OCH3 is 1. The summed E-state index contributed by atoms with van der Waals surface area (Å²) in [5.74, 6) is -0.774. The van der Waals surface area contributed by atoms with Crippen molar-refractivity contribution in [2.45, 2.75) is 13.3 Å². The predicted octanol–water partition coefficient (Wildman–Crippen LogP) is 3.79. The second-order valence-corrected chi connectivity index (χ2v) is 6.96. The summed E-state index contributed by atoms with van der Waals surface area (Å²) >= 11 is 5.14. The average Bonchev–Trinajstić information content (AvgIpc) is 2.71. The van der Waals surface area contributed by atoms with Gasteiger partial charge in [0.1, 0.15) is 11.4 Å². The first-order valence-electron chi connectivity index (χ1n) is 9.51. The molecule has 1 heterocycles. The Morgan fingerprint density at radius 3 is 2.68 bits per heavy atom. The largest absolute Gasteiger partial charge is 0.493 e. The summed E-state index contributed by atoms with van der Waals surface area (Å²) in [5.41, 5.74) is 1.43. The molecule has 0 radical (unpaired) electrons. The molecule has 0 spiro atoms. The van der Waals surface area contributed by atoms with E-state index in [1.54, 1.807) is 25.3 Å². The Hall–Kier alpha value is -3.52. The molecule has 1 fully saturated rings. The first-order valence-corrected chi connectivity index (χ1v) is 9.92. The molecule has 2 amide bonds. The second kappa shape index (κ2) is 9.53. The summed E-state index contributed by atoms with van der Waals surface area (Å²) in [6.45, 7) is 6.00. The maximum absolute atomic E-state index is 13.7. The van der Waals surface area contributed by atoms with E-state index in [1.165, 1.54) is 30.3 Å². The van der Waals surface area contributed by atoms with E-state index in [-0.39, 0.29) is 16.4 Å². The first-order chi connectivity index (χ1) is 14.9. The van der Waals surface area contributed by atoms with Gasteiger partial charge in [-0.25, -0.2) is 4.39 Å². The zero-order chi connectivity index (χ0) is 22.5. The molecule has 1 N–H and O–H groups in total. The van der Waals surface area contributed by atoms with Crippen molar-refractivity contribution in [1.82, 2.24) is 5.32 Å².